The highest BCUT2D eigenvalue weighted by Crippen LogP contribution is 2.17. The smallest absolute Gasteiger partial charge is 0.188 e. The van der Waals surface area contributed by atoms with Crippen LogP contribution in [0.15, 0.2) is 11.9 Å². The van der Waals surface area contributed by atoms with Crippen LogP contribution < -0.4 is 0 Å². The van der Waals surface area contributed by atoms with E-state index in [4.69, 9.17) is 0 Å². The lowest BCUT2D eigenvalue weighted by Crippen LogP contribution is -2.38. The lowest BCUT2D eigenvalue weighted by molar-refractivity contribution is -1.06. The van der Waals surface area contributed by atoms with Gasteiger partial charge in [0, 0.05) is 14.0 Å². The van der Waals surface area contributed by atoms with Crippen molar-refractivity contribution in [2.45, 2.75) is 6.92 Å². The van der Waals surface area contributed by atoms with E-state index < -0.39 is 0 Å². The number of rotatable bonds is 0. The topological polar surface area (TPSA) is 53.5 Å². The van der Waals surface area contributed by atoms with E-state index in [1.165, 1.54) is 0 Å². The van der Waals surface area contributed by atoms with E-state index in [-0.39, 0.29) is 10.1 Å². The summed E-state index contributed by atoms with van der Waals surface area (Å²) in [4.78, 5) is 1.97. The number of hydrogen-bond acceptors (Lipinski definition) is 3. The molecule has 1 rings (SSSR count). The molecule has 1 aliphatic heterocycles. The highest BCUT2D eigenvalue weighted by molar-refractivity contribution is 4.90. The Morgan fingerprint density at radius 3 is 2.30 bits per heavy atom. The minimum absolute atomic E-state index is 0. The van der Waals surface area contributed by atoms with Gasteiger partial charge in [-0.05, 0) is 0 Å². The fourth-order valence-corrected chi connectivity index (χ4v) is 1.03. The molecule has 0 aromatic heterocycles. The predicted molar refractivity (Wildman–Crippen MR) is 36.3 cm³/mol. The number of hydroxylamine groups is 3. The van der Waals surface area contributed by atoms with Gasteiger partial charge in [0.1, 0.15) is 7.05 Å². The molecule has 0 saturated carbocycles. The van der Waals surface area contributed by atoms with Gasteiger partial charge in [0.2, 0.25) is 0 Å². The van der Waals surface area contributed by atoms with Crippen LogP contribution in [-0.2, 0) is 0 Å². The van der Waals surface area contributed by atoms with Crippen LogP contribution in [0.5, 0.6) is 0 Å². The molecule has 1 atom stereocenters. The van der Waals surface area contributed by atoms with Crippen LogP contribution in [0.2, 0.25) is 0 Å². The number of nitrogens with zero attached hydrogens (tertiary/aromatic N) is 2. The van der Waals surface area contributed by atoms with Crippen molar-refractivity contribution in [1.82, 2.24) is 4.90 Å². The standard InChI is InChI=1S/C6H13N2O.H2O/c1-6-4-7(2)5-8(6,3)9;/h4,9H,5H2,1-3H3;1H2/q+1;/p-1. The van der Waals surface area contributed by atoms with Gasteiger partial charge in [-0.1, -0.05) is 0 Å². The van der Waals surface area contributed by atoms with Gasteiger partial charge in [0.05, 0.1) is 6.20 Å². The van der Waals surface area contributed by atoms with E-state index in [0.29, 0.717) is 6.67 Å². The van der Waals surface area contributed by atoms with Gasteiger partial charge in [-0.2, -0.15) is 0 Å². The molecular formula is C6H14N2O2. The van der Waals surface area contributed by atoms with Crippen molar-refractivity contribution in [3.63, 3.8) is 0 Å². The highest BCUT2D eigenvalue weighted by atomic mass is 16.5. The predicted octanol–water partition coefficient (Wildman–Crippen LogP) is 0.410. The molecule has 10 heavy (non-hydrogen) atoms. The SMILES string of the molecule is CC1=CN(C)C[N+]1(C)O.[OH-]. The van der Waals surface area contributed by atoms with Crippen LogP contribution in [0.25, 0.3) is 0 Å². The molecule has 4 heteroatoms. The Balaban J connectivity index is 0.000000810. The molecule has 1 heterocycles. The summed E-state index contributed by atoms with van der Waals surface area (Å²) in [5.41, 5.74) is 0.984. The molecule has 0 radical (unpaired) electrons. The fraction of sp³-hybridized carbons (Fsp3) is 0.667. The Labute approximate surface area is 60.8 Å². The molecule has 1 unspecified atom stereocenters. The molecule has 0 fully saturated rings. The lowest BCUT2D eigenvalue weighted by atomic mass is 10.5. The van der Waals surface area contributed by atoms with E-state index in [0.717, 1.165) is 5.70 Å². The third kappa shape index (κ3) is 1.47. The van der Waals surface area contributed by atoms with Crippen molar-refractivity contribution < 1.29 is 15.3 Å². The maximum Gasteiger partial charge on any atom is 0.188 e. The van der Waals surface area contributed by atoms with Crippen molar-refractivity contribution in [2.75, 3.05) is 20.8 Å². The molecule has 0 aromatic carbocycles. The van der Waals surface area contributed by atoms with Crippen molar-refractivity contribution in [2.24, 2.45) is 0 Å². The molecule has 60 valence electrons. The third-order valence-electron chi connectivity index (χ3n) is 1.67. The lowest BCUT2D eigenvalue weighted by Gasteiger charge is -2.20. The van der Waals surface area contributed by atoms with Crippen LogP contribution in [0.4, 0.5) is 0 Å². The molecule has 4 nitrogen and oxygen atoms in total. The average molecular weight is 146 g/mol. The largest absolute Gasteiger partial charge is 0.870 e. The zero-order valence-electron chi connectivity index (χ0n) is 6.57. The van der Waals surface area contributed by atoms with E-state index >= 15 is 0 Å². The van der Waals surface area contributed by atoms with Gasteiger partial charge >= 0.3 is 0 Å². The molecule has 0 bridgehead atoms. The summed E-state index contributed by atoms with van der Waals surface area (Å²) in [6.45, 7) is 2.58. The Bertz CT molecular complexity index is 154. The molecular weight excluding hydrogens is 132 g/mol. The van der Waals surface area contributed by atoms with E-state index in [2.05, 4.69) is 0 Å². The minimum Gasteiger partial charge on any atom is -0.870 e. The van der Waals surface area contributed by atoms with E-state index in [9.17, 15) is 5.21 Å². The first-order valence-electron chi connectivity index (χ1n) is 3.00. The van der Waals surface area contributed by atoms with Crippen molar-refractivity contribution in [1.29, 1.82) is 0 Å². The number of quaternary nitrogens is 1. The maximum atomic E-state index is 9.46. The Morgan fingerprint density at radius 1 is 1.70 bits per heavy atom. The molecule has 0 amide bonds. The minimum atomic E-state index is 0. The maximum absolute atomic E-state index is 9.46. The molecule has 2 N–H and O–H groups in total. The van der Waals surface area contributed by atoms with E-state index in [1.807, 2.05) is 25.1 Å². The summed E-state index contributed by atoms with van der Waals surface area (Å²) in [7, 11) is 3.72. The van der Waals surface area contributed by atoms with Gasteiger partial charge in [0.15, 0.2) is 12.4 Å². The van der Waals surface area contributed by atoms with Crippen LogP contribution in [-0.4, -0.2) is 41.0 Å². The Kier molecular flexibility index (Phi) is 2.42. The van der Waals surface area contributed by atoms with Gasteiger partial charge in [-0.3, -0.25) is 0 Å². The third-order valence-corrected chi connectivity index (χ3v) is 1.67. The summed E-state index contributed by atoms with van der Waals surface area (Å²) in [6.07, 6.45) is 1.94. The first kappa shape index (κ1) is 9.42. The zero-order valence-corrected chi connectivity index (χ0v) is 6.57. The average Bonchev–Trinajstić information content (AvgIpc) is 1.79. The second-order valence-electron chi connectivity index (χ2n) is 2.81. The van der Waals surface area contributed by atoms with Gasteiger partial charge < -0.3 is 10.4 Å². The van der Waals surface area contributed by atoms with Crippen LogP contribution in [0.1, 0.15) is 6.92 Å². The normalized spacial score (nSPS) is 31.6. The summed E-state index contributed by atoms with van der Waals surface area (Å²) >= 11 is 0. The summed E-state index contributed by atoms with van der Waals surface area (Å²) in [5, 5.41) is 9.46. The summed E-state index contributed by atoms with van der Waals surface area (Å²) < 4.78 is 0.0104. The fourth-order valence-electron chi connectivity index (χ4n) is 1.03. The molecule has 0 spiro atoms. The monoisotopic (exact) mass is 146 g/mol. The summed E-state index contributed by atoms with van der Waals surface area (Å²) in [5.74, 6) is 0. The number of hydrogen-bond donors (Lipinski definition) is 1. The van der Waals surface area contributed by atoms with Crippen LogP contribution in [0, 0.1) is 0 Å². The second kappa shape index (κ2) is 2.57. The first-order valence-corrected chi connectivity index (χ1v) is 3.00. The van der Waals surface area contributed by atoms with Crippen molar-refractivity contribution >= 4 is 0 Å². The van der Waals surface area contributed by atoms with Gasteiger partial charge in [-0.15, -0.1) is 4.65 Å². The first-order chi connectivity index (χ1) is 4.02. The number of allylic oxidation sites excluding steroid dienone is 1. The van der Waals surface area contributed by atoms with Crippen LogP contribution >= 0.6 is 0 Å². The van der Waals surface area contributed by atoms with E-state index in [1.54, 1.807) is 7.05 Å². The zero-order chi connectivity index (χ0) is 7.07. The Hall–Kier alpha value is -0.580. The van der Waals surface area contributed by atoms with Gasteiger partial charge in [0.25, 0.3) is 0 Å². The second-order valence-corrected chi connectivity index (χ2v) is 2.81. The molecule has 0 aromatic rings. The quantitative estimate of drug-likeness (QED) is 0.503. The van der Waals surface area contributed by atoms with Crippen molar-refractivity contribution in [3.8, 4) is 0 Å². The highest BCUT2D eigenvalue weighted by Gasteiger charge is 2.29. The van der Waals surface area contributed by atoms with Gasteiger partial charge in [-0.25, -0.2) is 5.21 Å². The summed E-state index contributed by atoms with van der Waals surface area (Å²) in [6, 6.07) is 0. The molecule has 0 saturated heterocycles. The Morgan fingerprint density at radius 2 is 2.20 bits per heavy atom. The van der Waals surface area contributed by atoms with Crippen LogP contribution in [0.3, 0.4) is 0 Å². The molecule has 1 aliphatic rings. The molecule has 0 aliphatic carbocycles. The van der Waals surface area contributed by atoms with Crippen molar-refractivity contribution in [3.05, 3.63) is 11.9 Å².